The average Bonchev–Trinajstić information content (AvgIpc) is 2.37. The number of carboxylic acid groups (broad SMARTS) is 1. The maximum absolute atomic E-state index is 12.8. The molecule has 0 aromatic heterocycles. The van der Waals surface area contributed by atoms with Crippen LogP contribution in [0.3, 0.4) is 0 Å². The van der Waals surface area contributed by atoms with E-state index in [1.54, 1.807) is 0 Å². The van der Waals surface area contributed by atoms with Gasteiger partial charge in [0.15, 0.2) is 0 Å². The minimum absolute atomic E-state index is 0.0913. The zero-order chi connectivity index (χ0) is 14.8. The van der Waals surface area contributed by atoms with E-state index >= 15 is 0 Å². The van der Waals surface area contributed by atoms with Crippen molar-refractivity contribution in [1.82, 2.24) is 4.90 Å². The highest BCUT2D eigenvalue weighted by molar-refractivity contribution is 5.67. The van der Waals surface area contributed by atoms with Gasteiger partial charge < -0.3 is 9.84 Å². The van der Waals surface area contributed by atoms with Gasteiger partial charge in [0.05, 0.1) is 25.0 Å². The van der Waals surface area contributed by atoms with Crippen LogP contribution < -0.4 is 0 Å². The molecule has 3 unspecified atom stereocenters. The molecule has 4 nitrogen and oxygen atoms in total. The first-order valence-electron chi connectivity index (χ1n) is 7.00. The molecule has 1 aliphatic heterocycles. The van der Waals surface area contributed by atoms with Crippen LogP contribution in [0.15, 0.2) is 0 Å². The van der Waals surface area contributed by atoms with Crippen molar-refractivity contribution in [2.45, 2.75) is 50.4 Å². The number of ether oxygens (including phenoxy) is 1. The van der Waals surface area contributed by atoms with E-state index in [1.165, 1.54) is 0 Å². The first-order chi connectivity index (χ1) is 9.36. The van der Waals surface area contributed by atoms with E-state index in [0.29, 0.717) is 26.1 Å². The lowest BCUT2D eigenvalue weighted by molar-refractivity contribution is -0.188. The first-order valence-corrected chi connectivity index (χ1v) is 7.00. The van der Waals surface area contributed by atoms with Crippen molar-refractivity contribution in [3.63, 3.8) is 0 Å². The second-order valence-corrected chi connectivity index (χ2v) is 5.64. The summed E-state index contributed by atoms with van der Waals surface area (Å²) in [5.74, 6) is -2.16. The van der Waals surface area contributed by atoms with E-state index in [0.717, 1.165) is 6.42 Å². The van der Waals surface area contributed by atoms with E-state index in [9.17, 15) is 18.0 Å². The van der Waals surface area contributed by atoms with Gasteiger partial charge in [-0.15, -0.1) is 0 Å². The molecule has 1 saturated heterocycles. The molecule has 116 valence electrons. The summed E-state index contributed by atoms with van der Waals surface area (Å²) in [6.07, 6.45) is -2.95. The molecule has 0 bridgehead atoms. The molecular weight excluding hydrogens is 275 g/mol. The fraction of sp³-hybridized carbons (Fsp3) is 0.923. The number of alkyl halides is 3. The highest BCUT2D eigenvalue weighted by atomic mass is 19.4. The van der Waals surface area contributed by atoms with Crippen LogP contribution in [0.25, 0.3) is 0 Å². The Bertz CT molecular complexity index is 348. The first kappa shape index (κ1) is 15.6. The molecule has 0 aromatic carbocycles. The van der Waals surface area contributed by atoms with Crippen molar-refractivity contribution < 1.29 is 27.8 Å². The van der Waals surface area contributed by atoms with Crippen molar-refractivity contribution in [3.05, 3.63) is 0 Å². The van der Waals surface area contributed by atoms with E-state index in [2.05, 4.69) is 0 Å². The summed E-state index contributed by atoms with van der Waals surface area (Å²) in [4.78, 5) is 12.7. The van der Waals surface area contributed by atoms with E-state index in [4.69, 9.17) is 9.84 Å². The fourth-order valence-corrected chi connectivity index (χ4v) is 3.19. The molecule has 1 heterocycles. The van der Waals surface area contributed by atoms with Gasteiger partial charge in [0.2, 0.25) is 0 Å². The minimum atomic E-state index is -4.12. The number of rotatable bonds is 3. The van der Waals surface area contributed by atoms with Gasteiger partial charge in [-0.1, -0.05) is 6.42 Å². The Morgan fingerprint density at radius 2 is 2.10 bits per heavy atom. The molecule has 2 fully saturated rings. The molecule has 0 aromatic rings. The molecule has 20 heavy (non-hydrogen) atoms. The summed E-state index contributed by atoms with van der Waals surface area (Å²) in [5, 5.41) is 8.76. The highest BCUT2D eigenvalue weighted by Gasteiger charge is 2.43. The van der Waals surface area contributed by atoms with Gasteiger partial charge in [0.25, 0.3) is 0 Å². The molecule has 7 heteroatoms. The van der Waals surface area contributed by atoms with Crippen LogP contribution in [0.4, 0.5) is 13.2 Å². The van der Waals surface area contributed by atoms with Gasteiger partial charge in [-0.05, 0) is 19.3 Å². The second kappa shape index (κ2) is 6.30. The number of hydrogen-bond donors (Lipinski definition) is 1. The number of aliphatic carboxylic acids is 1. The standard InChI is InChI=1S/C13H20F3NO3/c14-13(15,16)9-2-1-3-10(6-9)17-4-5-20-11(8-17)7-12(18)19/h9-11H,1-8H2,(H,18,19). The van der Waals surface area contributed by atoms with Gasteiger partial charge in [-0.2, -0.15) is 13.2 Å². The Balaban J connectivity index is 1.91. The van der Waals surface area contributed by atoms with Crippen molar-refractivity contribution in [1.29, 1.82) is 0 Å². The summed E-state index contributed by atoms with van der Waals surface area (Å²) in [6.45, 7) is 1.40. The van der Waals surface area contributed by atoms with Crippen molar-refractivity contribution >= 4 is 5.97 Å². The Morgan fingerprint density at radius 1 is 1.35 bits per heavy atom. The third kappa shape index (κ3) is 4.09. The maximum atomic E-state index is 12.8. The van der Waals surface area contributed by atoms with Gasteiger partial charge in [0, 0.05) is 19.1 Å². The molecular formula is C13H20F3NO3. The number of hydrogen-bond acceptors (Lipinski definition) is 3. The summed E-state index contributed by atoms with van der Waals surface area (Å²) < 4.78 is 43.8. The monoisotopic (exact) mass is 295 g/mol. The number of carbonyl (C=O) groups is 1. The predicted octanol–water partition coefficient (Wildman–Crippen LogP) is 2.28. The summed E-state index contributed by atoms with van der Waals surface area (Å²) in [5.41, 5.74) is 0. The van der Waals surface area contributed by atoms with Crippen LogP contribution in [-0.4, -0.2) is 54.0 Å². The number of halogens is 3. The van der Waals surface area contributed by atoms with Crippen molar-refractivity contribution in [2.75, 3.05) is 19.7 Å². The third-order valence-corrected chi connectivity index (χ3v) is 4.20. The molecule has 0 spiro atoms. The van der Waals surface area contributed by atoms with Gasteiger partial charge in [0.1, 0.15) is 0 Å². The van der Waals surface area contributed by atoms with E-state index in [1.807, 2.05) is 4.90 Å². The van der Waals surface area contributed by atoms with Crippen molar-refractivity contribution in [2.24, 2.45) is 5.92 Å². The number of carboxylic acids is 1. The SMILES string of the molecule is O=C(O)CC1CN(C2CCCC(C(F)(F)F)C2)CCO1. The molecule has 1 N–H and O–H groups in total. The van der Waals surface area contributed by atoms with E-state index in [-0.39, 0.29) is 25.3 Å². The van der Waals surface area contributed by atoms with Crippen LogP contribution in [0.2, 0.25) is 0 Å². The molecule has 1 aliphatic carbocycles. The minimum Gasteiger partial charge on any atom is -0.481 e. The van der Waals surface area contributed by atoms with Crippen LogP contribution in [0.5, 0.6) is 0 Å². The fourth-order valence-electron chi connectivity index (χ4n) is 3.19. The Morgan fingerprint density at radius 3 is 2.75 bits per heavy atom. The summed E-state index contributed by atoms with van der Waals surface area (Å²) >= 11 is 0. The Kier molecular flexibility index (Phi) is 4.90. The average molecular weight is 295 g/mol. The zero-order valence-electron chi connectivity index (χ0n) is 11.2. The molecule has 2 rings (SSSR count). The lowest BCUT2D eigenvalue weighted by atomic mass is 9.84. The molecule has 3 atom stereocenters. The van der Waals surface area contributed by atoms with Gasteiger partial charge in [-0.3, -0.25) is 9.69 Å². The van der Waals surface area contributed by atoms with Gasteiger partial charge >= 0.3 is 12.1 Å². The van der Waals surface area contributed by atoms with Crippen LogP contribution in [-0.2, 0) is 9.53 Å². The Hall–Kier alpha value is -0.820. The van der Waals surface area contributed by atoms with Crippen LogP contribution in [0, 0.1) is 5.92 Å². The molecule has 1 saturated carbocycles. The quantitative estimate of drug-likeness (QED) is 0.868. The highest BCUT2D eigenvalue weighted by Crippen LogP contribution is 2.39. The van der Waals surface area contributed by atoms with Gasteiger partial charge in [-0.25, -0.2) is 0 Å². The predicted molar refractivity (Wildman–Crippen MR) is 65.4 cm³/mol. The van der Waals surface area contributed by atoms with Crippen molar-refractivity contribution in [3.8, 4) is 0 Å². The Labute approximate surface area is 115 Å². The third-order valence-electron chi connectivity index (χ3n) is 4.20. The lowest BCUT2D eigenvalue weighted by Gasteiger charge is -2.41. The number of nitrogens with zero attached hydrogens (tertiary/aromatic N) is 1. The topological polar surface area (TPSA) is 49.8 Å². The second-order valence-electron chi connectivity index (χ2n) is 5.64. The van der Waals surface area contributed by atoms with E-state index < -0.39 is 24.2 Å². The summed E-state index contributed by atoms with van der Waals surface area (Å²) in [6, 6.07) is -0.101. The maximum Gasteiger partial charge on any atom is 0.391 e. The number of morpholine rings is 1. The van der Waals surface area contributed by atoms with Crippen LogP contribution in [0.1, 0.15) is 32.1 Å². The summed E-state index contributed by atoms with van der Waals surface area (Å²) in [7, 11) is 0. The smallest absolute Gasteiger partial charge is 0.391 e. The molecule has 0 amide bonds. The molecule has 2 aliphatic rings. The largest absolute Gasteiger partial charge is 0.481 e. The zero-order valence-corrected chi connectivity index (χ0v) is 11.2. The van der Waals surface area contributed by atoms with Crippen LogP contribution >= 0.6 is 0 Å². The molecule has 0 radical (unpaired) electrons. The lowest BCUT2D eigenvalue weighted by Crippen LogP contribution is -2.50. The normalized spacial score (nSPS) is 33.0.